The molecule has 1 aromatic rings. The smallest absolute Gasteiger partial charge is 0.331 e. The highest BCUT2D eigenvalue weighted by Gasteiger charge is 2.63. The van der Waals surface area contributed by atoms with Crippen molar-refractivity contribution in [1.82, 2.24) is 10.2 Å². The first-order valence-electron chi connectivity index (χ1n) is 10.9. The van der Waals surface area contributed by atoms with Crippen LogP contribution in [0.1, 0.15) is 58.9 Å². The van der Waals surface area contributed by atoms with Gasteiger partial charge in [-0.2, -0.15) is 0 Å². The van der Waals surface area contributed by atoms with Crippen LogP contribution in [-0.2, 0) is 20.8 Å². The monoisotopic (exact) mass is 426 g/mol. The van der Waals surface area contributed by atoms with Crippen molar-refractivity contribution in [1.29, 1.82) is 0 Å². The summed E-state index contributed by atoms with van der Waals surface area (Å²) in [4.78, 5) is 55.0. The van der Waals surface area contributed by atoms with Crippen LogP contribution in [0.5, 0.6) is 0 Å². The lowest BCUT2D eigenvalue weighted by molar-refractivity contribution is -0.157. The second-order valence-corrected chi connectivity index (χ2v) is 9.80. The molecule has 8 nitrogen and oxygen atoms in total. The lowest BCUT2D eigenvalue weighted by Gasteiger charge is -2.53. The van der Waals surface area contributed by atoms with Gasteiger partial charge in [0.25, 0.3) is 0 Å². The van der Waals surface area contributed by atoms with E-state index in [2.05, 4.69) is 15.5 Å². The molecule has 166 valence electrons. The number of hydrogen-bond acceptors (Lipinski definition) is 5. The molecule has 2 saturated heterocycles. The summed E-state index contributed by atoms with van der Waals surface area (Å²) in [5.74, 6) is -1.13. The second-order valence-electron chi connectivity index (χ2n) is 9.80. The Labute approximate surface area is 182 Å². The molecular weight excluding hydrogens is 396 g/mol. The van der Waals surface area contributed by atoms with E-state index in [0.717, 1.165) is 37.1 Å². The van der Waals surface area contributed by atoms with Crippen molar-refractivity contribution in [2.24, 2.45) is 5.41 Å². The lowest BCUT2D eigenvalue weighted by Crippen LogP contribution is -2.74. The summed E-state index contributed by atoms with van der Waals surface area (Å²) in [6.45, 7) is 7.57. The number of amides is 5. The van der Waals surface area contributed by atoms with Crippen LogP contribution in [0, 0.1) is 5.41 Å². The topological polar surface area (TPSA) is 98.8 Å². The van der Waals surface area contributed by atoms with Crippen LogP contribution >= 0.6 is 0 Å². The Bertz CT molecular complexity index is 967. The van der Waals surface area contributed by atoms with Gasteiger partial charge in [-0.25, -0.2) is 4.79 Å². The third-order valence-electron chi connectivity index (χ3n) is 6.58. The van der Waals surface area contributed by atoms with Gasteiger partial charge < -0.3 is 10.2 Å². The summed E-state index contributed by atoms with van der Waals surface area (Å²) in [5, 5.41) is 5.27. The minimum absolute atomic E-state index is 0.186. The molecule has 8 heteroatoms. The van der Waals surface area contributed by atoms with Crippen LogP contribution < -0.4 is 15.5 Å². The molecule has 3 heterocycles. The zero-order chi connectivity index (χ0) is 22.6. The standard InChI is InChI=1S/C23H30N4O4/c1-14(28)24-16-9-10-17-15(12-16)13-23(18-8-6-5-7-11-26(17)18)19(29)25-21(31)27(20(23)30)22(2,3)4/h9-10,12,18H,5-8,11,13H2,1-4H3,(H,24,28)(H,25,29,31)/t18-,23-/m1/s1. The number of benzene rings is 1. The van der Waals surface area contributed by atoms with E-state index in [4.69, 9.17) is 0 Å². The van der Waals surface area contributed by atoms with Crippen molar-refractivity contribution in [3.05, 3.63) is 23.8 Å². The number of fused-ring (bicyclic) bond motifs is 4. The van der Waals surface area contributed by atoms with Gasteiger partial charge in [-0.1, -0.05) is 12.8 Å². The molecule has 3 aliphatic heterocycles. The summed E-state index contributed by atoms with van der Waals surface area (Å²) < 4.78 is 0. The van der Waals surface area contributed by atoms with Crippen LogP contribution in [0.15, 0.2) is 18.2 Å². The van der Waals surface area contributed by atoms with Gasteiger partial charge in [-0.3, -0.25) is 24.6 Å². The average Bonchev–Trinajstić information content (AvgIpc) is 2.90. The number of hydrogen-bond donors (Lipinski definition) is 2. The molecule has 3 aliphatic rings. The normalized spacial score (nSPS) is 26.2. The Balaban J connectivity index is 1.88. The fourth-order valence-electron chi connectivity index (χ4n) is 5.33. The molecule has 4 rings (SSSR count). The van der Waals surface area contributed by atoms with Crippen molar-refractivity contribution in [2.45, 2.75) is 71.4 Å². The van der Waals surface area contributed by atoms with Crippen molar-refractivity contribution < 1.29 is 19.2 Å². The third kappa shape index (κ3) is 3.38. The van der Waals surface area contributed by atoms with E-state index in [1.165, 1.54) is 11.8 Å². The van der Waals surface area contributed by atoms with E-state index in [-0.39, 0.29) is 18.4 Å². The summed E-state index contributed by atoms with van der Waals surface area (Å²) in [7, 11) is 0. The maximum absolute atomic E-state index is 14.0. The predicted molar refractivity (Wildman–Crippen MR) is 117 cm³/mol. The molecule has 0 bridgehead atoms. The van der Waals surface area contributed by atoms with E-state index in [1.807, 2.05) is 18.2 Å². The fourth-order valence-corrected chi connectivity index (χ4v) is 5.33. The van der Waals surface area contributed by atoms with Crippen LogP contribution in [0.3, 0.4) is 0 Å². The summed E-state index contributed by atoms with van der Waals surface area (Å²) >= 11 is 0. The van der Waals surface area contributed by atoms with Crippen molar-refractivity contribution in [3.63, 3.8) is 0 Å². The second kappa shape index (κ2) is 7.35. The van der Waals surface area contributed by atoms with Crippen LogP contribution in [-0.4, -0.2) is 46.8 Å². The molecule has 1 aromatic carbocycles. The molecule has 31 heavy (non-hydrogen) atoms. The van der Waals surface area contributed by atoms with E-state index >= 15 is 0 Å². The zero-order valence-corrected chi connectivity index (χ0v) is 18.6. The minimum Gasteiger partial charge on any atom is -0.367 e. The molecule has 0 unspecified atom stereocenters. The van der Waals surface area contributed by atoms with E-state index in [9.17, 15) is 19.2 Å². The Morgan fingerprint density at radius 1 is 1.16 bits per heavy atom. The number of urea groups is 1. The highest BCUT2D eigenvalue weighted by molar-refractivity contribution is 6.20. The number of nitrogens with zero attached hydrogens (tertiary/aromatic N) is 2. The molecule has 0 saturated carbocycles. The molecule has 2 N–H and O–H groups in total. The van der Waals surface area contributed by atoms with Crippen molar-refractivity contribution in [2.75, 3.05) is 16.8 Å². The number of barbiturate groups is 1. The maximum Gasteiger partial charge on any atom is 0.331 e. The van der Waals surface area contributed by atoms with Crippen LogP contribution in [0.25, 0.3) is 0 Å². The molecule has 0 aliphatic carbocycles. The first-order valence-corrected chi connectivity index (χ1v) is 10.9. The fraction of sp³-hybridized carbons (Fsp3) is 0.565. The van der Waals surface area contributed by atoms with Gasteiger partial charge in [0.15, 0.2) is 5.41 Å². The Morgan fingerprint density at radius 2 is 1.90 bits per heavy atom. The first-order chi connectivity index (χ1) is 14.6. The number of rotatable bonds is 1. The zero-order valence-electron chi connectivity index (χ0n) is 18.6. The molecule has 0 aromatic heterocycles. The predicted octanol–water partition coefficient (Wildman–Crippen LogP) is 2.81. The number of imide groups is 2. The largest absolute Gasteiger partial charge is 0.367 e. The Morgan fingerprint density at radius 3 is 2.58 bits per heavy atom. The number of anilines is 2. The van der Waals surface area contributed by atoms with Gasteiger partial charge >= 0.3 is 6.03 Å². The summed E-state index contributed by atoms with van der Waals surface area (Å²) in [6.07, 6.45) is 3.82. The number of carbonyl (C=O) groups is 4. The minimum atomic E-state index is -1.38. The van der Waals surface area contributed by atoms with Crippen molar-refractivity contribution in [3.8, 4) is 0 Å². The molecule has 2 fully saturated rings. The Hall–Kier alpha value is -2.90. The van der Waals surface area contributed by atoms with Gasteiger partial charge in [-0.15, -0.1) is 0 Å². The molecular formula is C23H30N4O4. The third-order valence-corrected chi connectivity index (χ3v) is 6.58. The first kappa shape index (κ1) is 21.3. The molecule has 2 atom stereocenters. The number of nitrogens with one attached hydrogen (secondary N) is 2. The van der Waals surface area contributed by atoms with Gasteiger partial charge in [0.05, 0.1) is 6.04 Å². The lowest BCUT2D eigenvalue weighted by atomic mass is 9.67. The van der Waals surface area contributed by atoms with Gasteiger partial charge in [0.2, 0.25) is 17.7 Å². The van der Waals surface area contributed by atoms with Gasteiger partial charge in [0.1, 0.15) is 0 Å². The molecule has 5 amide bonds. The summed E-state index contributed by atoms with van der Waals surface area (Å²) in [6, 6.07) is 4.68. The molecule has 1 spiro atoms. The highest BCUT2D eigenvalue weighted by Crippen LogP contribution is 2.48. The highest BCUT2D eigenvalue weighted by atomic mass is 16.2. The average molecular weight is 427 g/mol. The maximum atomic E-state index is 14.0. The van der Waals surface area contributed by atoms with Crippen LogP contribution in [0.4, 0.5) is 16.2 Å². The van der Waals surface area contributed by atoms with E-state index in [0.29, 0.717) is 12.1 Å². The van der Waals surface area contributed by atoms with Crippen LogP contribution in [0.2, 0.25) is 0 Å². The summed E-state index contributed by atoms with van der Waals surface area (Å²) in [5.41, 5.74) is 0.306. The number of carbonyl (C=O) groups excluding carboxylic acids is 4. The van der Waals surface area contributed by atoms with Gasteiger partial charge in [0, 0.05) is 30.4 Å². The Kier molecular flexibility index (Phi) is 5.06. The van der Waals surface area contributed by atoms with Gasteiger partial charge in [-0.05, 0) is 63.8 Å². The molecule has 0 radical (unpaired) electrons. The quantitative estimate of drug-likeness (QED) is 0.673. The SMILES string of the molecule is CC(=O)Nc1ccc2c(c1)C[C@]1(C(=O)NC(=O)N(C(C)(C)C)C1=O)[C@H]1CCCCCN21. The van der Waals surface area contributed by atoms with E-state index < -0.39 is 28.8 Å². The van der Waals surface area contributed by atoms with E-state index in [1.54, 1.807) is 20.8 Å². The van der Waals surface area contributed by atoms with Crippen molar-refractivity contribution >= 4 is 35.1 Å².